The van der Waals surface area contributed by atoms with Gasteiger partial charge in [0.05, 0.1) is 10.4 Å². The van der Waals surface area contributed by atoms with Crippen molar-refractivity contribution in [2.45, 2.75) is 66.2 Å². The van der Waals surface area contributed by atoms with Gasteiger partial charge in [0, 0.05) is 10.8 Å². The van der Waals surface area contributed by atoms with Gasteiger partial charge in [0.15, 0.2) is 0 Å². The van der Waals surface area contributed by atoms with Gasteiger partial charge in [-0.2, -0.15) is 4.37 Å². The maximum Gasteiger partial charge on any atom is 0.0674 e. The van der Waals surface area contributed by atoms with Crippen LogP contribution < -0.4 is 0 Å². The van der Waals surface area contributed by atoms with Gasteiger partial charge < -0.3 is 0 Å². The van der Waals surface area contributed by atoms with Gasteiger partial charge in [-0.3, -0.25) is 0 Å². The lowest BCUT2D eigenvalue weighted by molar-refractivity contribution is 0.225. The second kappa shape index (κ2) is 4.56. The van der Waals surface area contributed by atoms with Gasteiger partial charge in [0.2, 0.25) is 0 Å². The van der Waals surface area contributed by atoms with Crippen LogP contribution in [0.5, 0.6) is 0 Å². The van der Waals surface area contributed by atoms with E-state index in [1.807, 2.05) is 0 Å². The van der Waals surface area contributed by atoms with Crippen LogP contribution in [-0.4, -0.2) is 4.37 Å². The van der Waals surface area contributed by atoms with Gasteiger partial charge in [-0.05, 0) is 34.0 Å². The molecule has 1 heterocycles. The van der Waals surface area contributed by atoms with E-state index in [0.29, 0.717) is 0 Å². The first-order valence-corrected chi connectivity index (χ1v) is 8.12. The standard InChI is InChI=1S/C18H27NS/c1-16(2,3)15-13-10-9-12(11-14(13)20-19-15)18(7,8)17(4,5)6/h9-11H,1-8H3. The molecule has 2 rings (SSSR count). The number of hydrogen-bond donors (Lipinski definition) is 0. The molecule has 0 amide bonds. The topological polar surface area (TPSA) is 12.9 Å². The quantitative estimate of drug-likeness (QED) is 0.635. The van der Waals surface area contributed by atoms with Crippen molar-refractivity contribution < 1.29 is 0 Å². The van der Waals surface area contributed by atoms with Crippen molar-refractivity contribution in [3.8, 4) is 0 Å². The predicted molar refractivity (Wildman–Crippen MR) is 90.8 cm³/mol. The third kappa shape index (κ3) is 2.50. The van der Waals surface area contributed by atoms with Crippen LogP contribution in [-0.2, 0) is 10.8 Å². The molecule has 0 N–H and O–H groups in total. The molecule has 0 saturated carbocycles. The number of fused-ring (bicyclic) bond motifs is 1. The van der Waals surface area contributed by atoms with Gasteiger partial charge in [-0.25, -0.2) is 0 Å². The second-order valence-corrected chi connectivity index (χ2v) is 9.17. The molecular formula is C18H27NS. The molecule has 0 atom stereocenters. The Kier molecular flexibility index (Phi) is 3.53. The van der Waals surface area contributed by atoms with Crippen molar-refractivity contribution >= 4 is 21.6 Å². The Balaban J connectivity index is 2.58. The molecular weight excluding hydrogens is 262 g/mol. The van der Waals surface area contributed by atoms with Gasteiger partial charge in [-0.1, -0.05) is 67.5 Å². The summed E-state index contributed by atoms with van der Waals surface area (Å²) in [5.74, 6) is 0. The summed E-state index contributed by atoms with van der Waals surface area (Å²) in [6.45, 7) is 18.3. The van der Waals surface area contributed by atoms with E-state index in [4.69, 9.17) is 4.37 Å². The molecule has 20 heavy (non-hydrogen) atoms. The van der Waals surface area contributed by atoms with Crippen LogP contribution in [0.4, 0.5) is 0 Å². The highest BCUT2D eigenvalue weighted by atomic mass is 32.1. The van der Waals surface area contributed by atoms with E-state index in [9.17, 15) is 0 Å². The van der Waals surface area contributed by atoms with E-state index in [0.717, 1.165) is 0 Å². The van der Waals surface area contributed by atoms with Crippen LogP contribution >= 0.6 is 11.5 Å². The minimum atomic E-state index is 0.110. The number of benzene rings is 1. The van der Waals surface area contributed by atoms with Crippen LogP contribution in [0, 0.1) is 5.41 Å². The van der Waals surface area contributed by atoms with Gasteiger partial charge in [-0.15, -0.1) is 0 Å². The van der Waals surface area contributed by atoms with Crippen LogP contribution in [0.2, 0.25) is 0 Å². The lowest BCUT2D eigenvalue weighted by Crippen LogP contribution is -2.33. The number of hydrogen-bond acceptors (Lipinski definition) is 2. The normalized spacial score (nSPS) is 14.0. The van der Waals surface area contributed by atoms with E-state index in [1.165, 1.54) is 21.3 Å². The van der Waals surface area contributed by atoms with E-state index in [2.05, 4.69) is 73.6 Å². The van der Waals surface area contributed by atoms with Crippen molar-refractivity contribution in [3.63, 3.8) is 0 Å². The molecule has 0 spiro atoms. The third-order valence-corrected chi connectivity index (χ3v) is 5.59. The fourth-order valence-corrected chi connectivity index (χ4v) is 3.30. The molecule has 0 bridgehead atoms. The molecule has 0 radical (unpaired) electrons. The predicted octanol–water partition coefficient (Wildman–Crippen LogP) is 5.92. The maximum absolute atomic E-state index is 4.69. The van der Waals surface area contributed by atoms with E-state index < -0.39 is 0 Å². The number of rotatable bonds is 1. The minimum Gasteiger partial charge on any atom is -0.196 e. The number of nitrogens with zero attached hydrogens (tertiary/aromatic N) is 1. The maximum atomic E-state index is 4.69. The Morgan fingerprint density at radius 1 is 0.900 bits per heavy atom. The van der Waals surface area contributed by atoms with Crippen LogP contribution in [0.3, 0.4) is 0 Å². The Bertz CT molecular complexity index is 621. The van der Waals surface area contributed by atoms with Crippen molar-refractivity contribution in [1.82, 2.24) is 4.37 Å². The monoisotopic (exact) mass is 289 g/mol. The summed E-state index contributed by atoms with van der Waals surface area (Å²) in [5.41, 5.74) is 3.11. The highest BCUT2D eigenvalue weighted by Gasteiger charge is 2.34. The molecule has 0 saturated heterocycles. The highest BCUT2D eigenvalue weighted by molar-refractivity contribution is 7.13. The fraction of sp³-hybridized carbons (Fsp3) is 0.611. The largest absolute Gasteiger partial charge is 0.196 e. The van der Waals surface area contributed by atoms with E-state index >= 15 is 0 Å². The van der Waals surface area contributed by atoms with Crippen LogP contribution in [0.1, 0.15) is 66.6 Å². The summed E-state index contributed by atoms with van der Waals surface area (Å²) in [6.07, 6.45) is 0. The summed E-state index contributed by atoms with van der Waals surface area (Å²) in [6, 6.07) is 6.90. The second-order valence-electron chi connectivity index (χ2n) is 8.37. The molecule has 0 fully saturated rings. The van der Waals surface area contributed by atoms with E-state index in [1.54, 1.807) is 11.5 Å². The molecule has 2 heteroatoms. The third-order valence-electron chi connectivity index (χ3n) is 4.78. The molecule has 0 aliphatic rings. The summed E-state index contributed by atoms with van der Waals surface area (Å²) >= 11 is 1.63. The molecule has 1 nitrogen and oxygen atoms in total. The van der Waals surface area contributed by atoms with Crippen molar-refractivity contribution in [2.75, 3.05) is 0 Å². The SMILES string of the molecule is CC(C)(C)c1nsc2cc(C(C)(C)C(C)(C)C)ccc12. The summed E-state index contributed by atoms with van der Waals surface area (Å²) in [5, 5.41) is 1.32. The van der Waals surface area contributed by atoms with Crippen LogP contribution in [0.25, 0.3) is 10.1 Å². The molecule has 1 aromatic heterocycles. The molecule has 0 aliphatic carbocycles. The molecule has 0 unspecified atom stereocenters. The Labute approximate surface area is 127 Å². The molecule has 110 valence electrons. The summed E-state index contributed by atoms with van der Waals surface area (Å²) < 4.78 is 6.00. The Morgan fingerprint density at radius 3 is 2.00 bits per heavy atom. The average molecular weight is 289 g/mol. The molecule has 1 aromatic carbocycles. The smallest absolute Gasteiger partial charge is 0.0674 e. The summed E-state index contributed by atoms with van der Waals surface area (Å²) in [4.78, 5) is 0. The minimum absolute atomic E-state index is 0.110. The fourth-order valence-electron chi connectivity index (χ4n) is 2.30. The average Bonchev–Trinajstić information content (AvgIpc) is 2.69. The Hall–Kier alpha value is -0.890. The summed E-state index contributed by atoms with van der Waals surface area (Å²) in [7, 11) is 0. The zero-order valence-electron chi connectivity index (χ0n) is 14.1. The first kappa shape index (κ1) is 15.5. The highest BCUT2D eigenvalue weighted by Crippen LogP contribution is 2.42. The first-order valence-electron chi connectivity index (χ1n) is 7.35. The first-order chi connectivity index (χ1) is 8.94. The van der Waals surface area contributed by atoms with E-state index in [-0.39, 0.29) is 16.2 Å². The molecule has 2 aromatic rings. The van der Waals surface area contributed by atoms with Gasteiger partial charge >= 0.3 is 0 Å². The zero-order chi connectivity index (χ0) is 15.3. The van der Waals surface area contributed by atoms with Crippen LogP contribution in [0.15, 0.2) is 18.2 Å². The Morgan fingerprint density at radius 2 is 1.50 bits per heavy atom. The van der Waals surface area contributed by atoms with Crippen molar-refractivity contribution in [2.24, 2.45) is 5.41 Å². The molecule has 0 aliphatic heterocycles. The van der Waals surface area contributed by atoms with Gasteiger partial charge in [0.1, 0.15) is 0 Å². The lowest BCUT2D eigenvalue weighted by Gasteiger charge is -2.39. The zero-order valence-corrected chi connectivity index (χ0v) is 14.9. The number of aromatic nitrogens is 1. The van der Waals surface area contributed by atoms with Crippen molar-refractivity contribution in [3.05, 3.63) is 29.5 Å². The van der Waals surface area contributed by atoms with Crippen molar-refractivity contribution in [1.29, 1.82) is 0 Å². The van der Waals surface area contributed by atoms with Gasteiger partial charge in [0.25, 0.3) is 0 Å². The lowest BCUT2D eigenvalue weighted by atomic mass is 9.65.